The van der Waals surface area contributed by atoms with E-state index in [1.54, 1.807) is 6.07 Å². The molecule has 0 spiro atoms. The van der Waals surface area contributed by atoms with Gasteiger partial charge in [0.1, 0.15) is 0 Å². The van der Waals surface area contributed by atoms with Gasteiger partial charge in [0.2, 0.25) is 15.9 Å². The molecule has 0 bridgehead atoms. The first-order chi connectivity index (χ1) is 11.7. The molecule has 1 amide bonds. The molecule has 0 saturated carbocycles. The maximum Gasteiger partial charge on any atom is 0.240 e. The van der Waals surface area contributed by atoms with E-state index in [-0.39, 0.29) is 18.9 Å². The number of aryl methyl sites for hydroxylation is 2. The largest absolute Gasteiger partial charge is 0.326 e. The molecule has 0 radical (unpaired) electrons. The average Bonchev–Trinajstić information content (AvgIpc) is 2.53. The summed E-state index contributed by atoms with van der Waals surface area (Å²) in [6.07, 6.45) is -0.101. The number of rotatable bonds is 6. The van der Waals surface area contributed by atoms with Gasteiger partial charge in [-0.15, -0.1) is 0 Å². The highest BCUT2D eigenvalue weighted by molar-refractivity contribution is 7.89. The summed E-state index contributed by atoms with van der Waals surface area (Å²) in [6.45, 7) is 3.70. The summed E-state index contributed by atoms with van der Waals surface area (Å²) in [4.78, 5) is 11.5. The second kappa shape index (κ2) is 7.71. The van der Waals surface area contributed by atoms with Crippen molar-refractivity contribution in [2.24, 2.45) is 0 Å². The van der Waals surface area contributed by atoms with E-state index in [0.717, 1.165) is 23.3 Å². The summed E-state index contributed by atoms with van der Waals surface area (Å²) in [6, 6.07) is 7.72. The van der Waals surface area contributed by atoms with E-state index >= 15 is 0 Å². The molecule has 0 saturated heterocycles. The van der Waals surface area contributed by atoms with Gasteiger partial charge < -0.3 is 5.32 Å². The summed E-state index contributed by atoms with van der Waals surface area (Å²) in [5.41, 5.74) is 2.74. The zero-order chi connectivity index (χ0) is 18.6. The summed E-state index contributed by atoms with van der Waals surface area (Å²) in [5, 5.41) is 2.67. The van der Waals surface area contributed by atoms with Crippen molar-refractivity contribution >= 4 is 21.6 Å². The minimum atomic E-state index is -4.02. The number of halogens is 2. The van der Waals surface area contributed by atoms with Gasteiger partial charge in [0.25, 0.3) is 0 Å². The molecule has 0 aliphatic carbocycles. The molecular weight excluding hydrogens is 350 g/mol. The molecule has 2 N–H and O–H groups in total. The third-order valence-corrected chi connectivity index (χ3v) is 5.09. The molecule has 8 heteroatoms. The molecular formula is C17H18F2N2O3S. The lowest BCUT2D eigenvalue weighted by Crippen LogP contribution is -2.28. The predicted molar refractivity (Wildman–Crippen MR) is 90.7 cm³/mol. The molecule has 0 atom stereocenters. The van der Waals surface area contributed by atoms with Crippen molar-refractivity contribution in [1.82, 2.24) is 4.72 Å². The van der Waals surface area contributed by atoms with E-state index in [9.17, 15) is 22.0 Å². The Labute approximate surface area is 145 Å². The molecule has 2 aromatic carbocycles. The third-order valence-electron chi connectivity index (χ3n) is 3.64. The first-order valence-corrected chi connectivity index (χ1v) is 8.99. The van der Waals surface area contributed by atoms with Crippen molar-refractivity contribution in [3.8, 4) is 0 Å². The van der Waals surface area contributed by atoms with Crippen LogP contribution >= 0.6 is 0 Å². The lowest BCUT2D eigenvalue weighted by atomic mass is 10.1. The molecule has 0 heterocycles. The fourth-order valence-corrected chi connectivity index (χ4v) is 3.11. The third kappa shape index (κ3) is 5.07. The van der Waals surface area contributed by atoms with Crippen molar-refractivity contribution in [3.05, 3.63) is 59.2 Å². The number of sulfonamides is 1. The first kappa shape index (κ1) is 19.0. The van der Waals surface area contributed by atoms with Gasteiger partial charge in [-0.3, -0.25) is 4.79 Å². The molecule has 0 unspecified atom stereocenters. The van der Waals surface area contributed by atoms with E-state index in [1.807, 2.05) is 26.0 Å². The molecule has 2 rings (SSSR count). The zero-order valence-corrected chi connectivity index (χ0v) is 14.6. The van der Waals surface area contributed by atoms with Gasteiger partial charge >= 0.3 is 0 Å². The summed E-state index contributed by atoms with van der Waals surface area (Å²) < 4.78 is 52.1. The number of carbonyl (C=O) groups is 1. The van der Waals surface area contributed by atoms with E-state index in [0.29, 0.717) is 11.8 Å². The van der Waals surface area contributed by atoms with Crippen LogP contribution in [0.25, 0.3) is 0 Å². The van der Waals surface area contributed by atoms with Gasteiger partial charge in [-0.2, -0.15) is 0 Å². The van der Waals surface area contributed by atoms with Crippen molar-refractivity contribution in [2.45, 2.75) is 25.2 Å². The van der Waals surface area contributed by atoms with Gasteiger partial charge in [-0.1, -0.05) is 6.07 Å². The molecule has 134 valence electrons. The second-order valence-electron chi connectivity index (χ2n) is 5.57. The Morgan fingerprint density at radius 2 is 1.72 bits per heavy atom. The fraction of sp³-hybridized carbons (Fsp3) is 0.235. The Morgan fingerprint density at radius 3 is 2.36 bits per heavy atom. The average molecular weight is 368 g/mol. The highest BCUT2D eigenvalue weighted by Crippen LogP contribution is 2.15. The van der Waals surface area contributed by atoms with Crippen LogP contribution in [-0.4, -0.2) is 20.9 Å². The van der Waals surface area contributed by atoms with Crippen LogP contribution in [0, 0.1) is 25.5 Å². The zero-order valence-electron chi connectivity index (χ0n) is 13.8. The van der Waals surface area contributed by atoms with Crippen LogP contribution in [0.4, 0.5) is 14.5 Å². The highest BCUT2D eigenvalue weighted by atomic mass is 32.2. The number of hydrogen-bond acceptors (Lipinski definition) is 3. The van der Waals surface area contributed by atoms with Crippen LogP contribution in [0.5, 0.6) is 0 Å². The maximum atomic E-state index is 13.1. The van der Waals surface area contributed by atoms with Crippen LogP contribution in [0.2, 0.25) is 0 Å². The minimum absolute atomic E-state index is 0.101. The van der Waals surface area contributed by atoms with Crippen molar-refractivity contribution in [2.75, 3.05) is 11.9 Å². The lowest BCUT2D eigenvalue weighted by Gasteiger charge is -2.09. The van der Waals surface area contributed by atoms with Crippen LogP contribution in [0.1, 0.15) is 17.5 Å². The quantitative estimate of drug-likeness (QED) is 0.823. The Balaban J connectivity index is 1.91. The van der Waals surface area contributed by atoms with E-state index in [4.69, 9.17) is 0 Å². The van der Waals surface area contributed by atoms with Gasteiger partial charge in [-0.25, -0.2) is 21.9 Å². The minimum Gasteiger partial charge on any atom is -0.326 e. The van der Waals surface area contributed by atoms with Gasteiger partial charge in [-0.05, 0) is 55.3 Å². The van der Waals surface area contributed by atoms with Gasteiger partial charge in [0, 0.05) is 18.7 Å². The summed E-state index contributed by atoms with van der Waals surface area (Å²) in [7, 11) is -4.02. The number of hydrogen-bond donors (Lipinski definition) is 2. The smallest absolute Gasteiger partial charge is 0.240 e. The number of anilines is 1. The van der Waals surface area contributed by atoms with E-state index in [1.165, 1.54) is 0 Å². The molecule has 0 fully saturated rings. The van der Waals surface area contributed by atoms with Crippen molar-refractivity contribution in [3.63, 3.8) is 0 Å². The molecule has 25 heavy (non-hydrogen) atoms. The lowest BCUT2D eigenvalue weighted by molar-refractivity contribution is -0.116. The summed E-state index contributed by atoms with van der Waals surface area (Å²) in [5.74, 6) is -2.75. The van der Waals surface area contributed by atoms with E-state index < -0.39 is 26.6 Å². The number of benzene rings is 2. The molecule has 0 aromatic heterocycles. The highest BCUT2D eigenvalue weighted by Gasteiger charge is 2.16. The van der Waals surface area contributed by atoms with Gasteiger partial charge in [0.15, 0.2) is 11.6 Å². The van der Waals surface area contributed by atoms with Crippen LogP contribution in [-0.2, 0) is 14.8 Å². The predicted octanol–water partition coefficient (Wildman–Crippen LogP) is 2.89. The Kier molecular flexibility index (Phi) is 5.86. The Morgan fingerprint density at radius 1 is 1.00 bits per heavy atom. The molecule has 0 aliphatic rings. The molecule has 5 nitrogen and oxygen atoms in total. The van der Waals surface area contributed by atoms with Gasteiger partial charge in [0.05, 0.1) is 4.90 Å². The summed E-state index contributed by atoms with van der Waals surface area (Å²) >= 11 is 0. The van der Waals surface area contributed by atoms with Crippen LogP contribution in [0.3, 0.4) is 0 Å². The topological polar surface area (TPSA) is 75.3 Å². The molecule has 2 aromatic rings. The first-order valence-electron chi connectivity index (χ1n) is 7.51. The SMILES string of the molecule is Cc1ccc(NC(=O)CCNS(=O)(=O)c2ccc(F)c(F)c2)cc1C. The maximum absolute atomic E-state index is 13.1. The number of amides is 1. The van der Waals surface area contributed by atoms with Crippen molar-refractivity contribution in [1.29, 1.82) is 0 Å². The standard InChI is InChI=1S/C17H18F2N2O3S/c1-11-3-4-13(9-12(11)2)21-17(22)7-8-20-25(23,24)14-5-6-15(18)16(19)10-14/h3-6,9-10,20H,7-8H2,1-2H3,(H,21,22). The molecule has 0 aliphatic heterocycles. The normalized spacial score (nSPS) is 11.4. The fourth-order valence-electron chi connectivity index (χ4n) is 2.07. The number of nitrogens with one attached hydrogen (secondary N) is 2. The van der Waals surface area contributed by atoms with Crippen molar-refractivity contribution < 1.29 is 22.0 Å². The Bertz CT molecular complexity index is 899. The van der Waals surface area contributed by atoms with Crippen LogP contribution < -0.4 is 10.0 Å². The number of carbonyl (C=O) groups excluding carboxylic acids is 1. The van der Waals surface area contributed by atoms with Crippen LogP contribution in [0.15, 0.2) is 41.3 Å². The Hall–Kier alpha value is -2.32. The second-order valence-corrected chi connectivity index (χ2v) is 7.34. The van der Waals surface area contributed by atoms with E-state index in [2.05, 4.69) is 10.0 Å². The monoisotopic (exact) mass is 368 g/mol.